The SMILES string of the molecule is CC.CO.COc1cc(N(N)/C(=C\N)c2ccccn2)cc(C)c1OC. The van der Waals surface area contributed by atoms with Gasteiger partial charge in [-0.05, 0) is 30.7 Å². The smallest absolute Gasteiger partial charge is 0.163 e. The van der Waals surface area contributed by atoms with Crippen LogP contribution in [0.4, 0.5) is 5.69 Å². The molecule has 26 heavy (non-hydrogen) atoms. The van der Waals surface area contributed by atoms with E-state index in [0.29, 0.717) is 22.9 Å². The largest absolute Gasteiger partial charge is 0.493 e. The summed E-state index contributed by atoms with van der Waals surface area (Å²) < 4.78 is 10.7. The van der Waals surface area contributed by atoms with Gasteiger partial charge in [-0.15, -0.1) is 0 Å². The molecule has 2 aromatic rings. The monoisotopic (exact) mass is 362 g/mol. The van der Waals surface area contributed by atoms with E-state index in [2.05, 4.69) is 4.98 Å². The maximum atomic E-state index is 7.00. The van der Waals surface area contributed by atoms with Gasteiger partial charge in [-0.25, -0.2) is 5.84 Å². The summed E-state index contributed by atoms with van der Waals surface area (Å²) >= 11 is 0. The van der Waals surface area contributed by atoms with Gasteiger partial charge in [-0.2, -0.15) is 0 Å². The highest BCUT2D eigenvalue weighted by molar-refractivity contribution is 5.77. The number of aryl methyl sites for hydroxylation is 1. The Labute approximate surface area is 155 Å². The van der Waals surface area contributed by atoms with Gasteiger partial charge in [0.2, 0.25) is 0 Å². The van der Waals surface area contributed by atoms with Crippen LogP contribution in [0.3, 0.4) is 0 Å². The second-order valence-electron chi connectivity index (χ2n) is 4.64. The first-order valence-corrected chi connectivity index (χ1v) is 8.17. The molecule has 1 aromatic carbocycles. The topological polar surface area (TPSA) is 107 Å². The van der Waals surface area contributed by atoms with E-state index < -0.39 is 0 Å². The molecule has 1 heterocycles. The van der Waals surface area contributed by atoms with Crippen molar-refractivity contribution >= 4 is 11.4 Å². The van der Waals surface area contributed by atoms with Crippen molar-refractivity contribution in [3.8, 4) is 11.5 Å². The minimum absolute atomic E-state index is 0.590. The van der Waals surface area contributed by atoms with E-state index in [1.165, 1.54) is 11.2 Å². The van der Waals surface area contributed by atoms with Gasteiger partial charge < -0.3 is 20.3 Å². The Balaban J connectivity index is 0.00000146. The number of pyridine rings is 1. The summed E-state index contributed by atoms with van der Waals surface area (Å²) in [7, 11) is 4.18. The number of aromatic nitrogens is 1. The lowest BCUT2D eigenvalue weighted by atomic mass is 10.1. The Bertz CT molecular complexity index is 676. The Hall–Kier alpha value is -2.77. The molecular weight excluding hydrogens is 332 g/mol. The van der Waals surface area contributed by atoms with Gasteiger partial charge in [-0.1, -0.05) is 19.9 Å². The molecule has 0 aliphatic carbocycles. The molecule has 0 spiro atoms. The molecule has 0 unspecified atom stereocenters. The van der Waals surface area contributed by atoms with Crippen molar-refractivity contribution in [3.63, 3.8) is 0 Å². The highest BCUT2D eigenvalue weighted by atomic mass is 16.5. The van der Waals surface area contributed by atoms with Gasteiger partial charge in [0, 0.05) is 25.6 Å². The van der Waals surface area contributed by atoms with Crippen LogP contribution in [0.25, 0.3) is 5.70 Å². The van der Waals surface area contributed by atoms with Crippen molar-refractivity contribution in [1.82, 2.24) is 4.98 Å². The molecule has 0 saturated heterocycles. The molecule has 144 valence electrons. The predicted molar refractivity (Wildman–Crippen MR) is 107 cm³/mol. The van der Waals surface area contributed by atoms with Gasteiger partial charge in [0.15, 0.2) is 11.5 Å². The molecule has 0 bridgehead atoms. The van der Waals surface area contributed by atoms with Crippen LogP contribution in [0.2, 0.25) is 0 Å². The van der Waals surface area contributed by atoms with Gasteiger partial charge in [0.25, 0.3) is 0 Å². The zero-order valence-corrected chi connectivity index (χ0v) is 16.4. The lowest BCUT2D eigenvalue weighted by molar-refractivity contribution is 0.353. The molecule has 2 rings (SSSR count). The Kier molecular flexibility index (Phi) is 11.2. The molecule has 0 aliphatic heterocycles. The highest BCUT2D eigenvalue weighted by Gasteiger charge is 2.16. The number of methoxy groups -OCH3 is 2. The van der Waals surface area contributed by atoms with Crippen LogP contribution in [0.5, 0.6) is 11.5 Å². The lowest BCUT2D eigenvalue weighted by Gasteiger charge is -2.23. The van der Waals surface area contributed by atoms with E-state index >= 15 is 0 Å². The van der Waals surface area contributed by atoms with Crippen molar-refractivity contribution in [2.24, 2.45) is 11.6 Å². The summed E-state index contributed by atoms with van der Waals surface area (Å²) in [5.74, 6) is 7.49. The molecule has 0 atom stereocenters. The fourth-order valence-corrected chi connectivity index (χ4v) is 2.22. The highest BCUT2D eigenvalue weighted by Crippen LogP contribution is 2.36. The van der Waals surface area contributed by atoms with Crippen molar-refractivity contribution < 1.29 is 14.6 Å². The summed E-state index contributed by atoms with van der Waals surface area (Å²) in [6, 6.07) is 9.23. The van der Waals surface area contributed by atoms with Crippen LogP contribution >= 0.6 is 0 Å². The number of rotatable bonds is 5. The number of anilines is 1. The standard InChI is InChI=1S/C16H20N4O2.C2H6.CH4O/c1-11-8-12(9-15(21-2)16(11)22-3)20(18)14(10-17)13-6-4-5-7-19-13;2*1-2/h4-10H,17-18H2,1-3H3;1-2H3;2H,1H3/b14-10-;;. The molecule has 0 saturated carbocycles. The maximum absolute atomic E-state index is 7.00. The second-order valence-corrected chi connectivity index (χ2v) is 4.64. The second kappa shape index (κ2) is 12.6. The van der Waals surface area contributed by atoms with Crippen LogP contribution in [0.1, 0.15) is 25.1 Å². The number of aliphatic hydroxyl groups is 1. The number of hydrogen-bond acceptors (Lipinski definition) is 7. The third kappa shape index (κ3) is 5.65. The van der Waals surface area contributed by atoms with Crippen molar-refractivity contribution in [3.05, 3.63) is 54.0 Å². The molecule has 0 radical (unpaired) electrons. The number of hydrogen-bond donors (Lipinski definition) is 3. The van der Waals surface area contributed by atoms with E-state index in [1.54, 1.807) is 26.5 Å². The van der Waals surface area contributed by atoms with Gasteiger partial charge in [-0.3, -0.25) is 9.99 Å². The van der Waals surface area contributed by atoms with Gasteiger partial charge in [0.05, 0.1) is 31.3 Å². The molecule has 1 aromatic heterocycles. The molecule has 7 nitrogen and oxygen atoms in total. The summed E-state index contributed by atoms with van der Waals surface area (Å²) in [6.07, 6.45) is 3.11. The Morgan fingerprint density at radius 3 is 2.27 bits per heavy atom. The first kappa shape index (κ1) is 23.2. The first-order chi connectivity index (χ1) is 12.6. The summed E-state index contributed by atoms with van der Waals surface area (Å²) in [4.78, 5) is 4.27. The van der Waals surface area contributed by atoms with E-state index in [9.17, 15) is 0 Å². The number of hydrazine groups is 1. The zero-order valence-electron chi connectivity index (χ0n) is 16.4. The quantitative estimate of drug-likeness (QED) is 0.554. The fourth-order valence-electron chi connectivity index (χ4n) is 2.22. The normalized spacial score (nSPS) is 9.92. The minimum atomic E-state index is 0.590. The molecule has 5 N–H and O–H groups in total. The number of benzene rings is 1. The summed E-state index contributed by atoms with van der Waals surface area (Å²) in [5.41, 5.74) is 8.63. The molecular formula is C19H30N4O3. The van der Waals surface area contributed by atoms with Crippen LogP contribution in [-0.2, 0) is 0 Å². The van der Waals surface area contributed by atoms with Crippen LogP contribution in [0.15, 0.2) is 42.7 Å². The van der Waals surface area contributed by atoms with Gasteiger partial charge in [0.1, 0.15) is 0 Å². The number of nitrogens with two attached hydrogens (primary N) is 2. The van der Waals surface area contributed by atoms with Crippen LogP contribution in [0, 0.1) is 6.92 Å². The number of aliphatic hydroxyl groups excluding tert-OH is 1. The van der Waals surface area contributed by atoms with E-state index in [-0.39, 0.29) is 0 Å². The van der Waals surface area contributed by atoms with Crippen molar-refractivity contribution in [1.29, 1.82) is 0 Å². The average molecular weight is 362 g/mol. The number of nitrogens with zero attached hydrogens (tertiary/aromatic N) is 2. The molecule has 7 heteroatoms. The Morgan fingerprint density at radius 1 is 1.15 bits per heavy atom. The van der Waals surface area contributed by atoms with Crippen LogP contribution in [-0.4, -0.2) is 31.4 Å². The average Bonchev–Trinajstić information content (AvgIpc) is 2.71. The number of ether oxygens (including phenoxy) is 2. The first-order valence-electron chi connectivity index (χ1n) is 8.17. The van der Waals surface area contributed by atoms with Crippen molar-refractivity contribution in [2.45, 2.75) is 20.8 Å². The Morgan fingerprint density at radius 2 is 1.81 bits per heavy atom. The minimum Gasteiger partial charge on any atom is -0.493 e. The third-order valence-electron chi connectivity index (χ3n) is 3.27. The third-order valence-corrected chi connectivity index (χ3v) is 3.27. The summed E-state index contributed by atoms with van der Waals surface area (Å²) in [6.45, 7) is 5.92. The van der Waals surface area contributed by atoms with Crippen molar-refractivity contribution in [2.75, 3.05) is 26.3 Å². The lowest BCUT2D eigenvalue weighted by Crippen LogP contribution is -2.30. The zero-order chi connectivity index (χ0) is 20.1. The molecule has 0 fully saturated rings. The van der Waals surface area contributed by atoms with Gasteiger partial charge >= 0.3 is 0 Å². The van der Waals surface area contributed by atoms with E-state index in [4.69, 9.17) is 26.2 Å². The van der Waals surface area contributed by atoms with E-state index in [0.717, 1.165) is 18.4 Å². The van der Waals surface area contributed by atoms with E-state index in [1.807, 2.05) is 45.0 Å². The van der Waals surface area contributed by atoms with Crippen LogP contribution < -0.4 is 26.1 Å². The predicted octanol–water partition coefficient (Wildman–Crippen LogP) is 2.68. The summed E-state index contributed by atoms with van der Waals surface area (Å²) in [5, 5.41) is 8.47. The maximum Gasteiger partial charge on any atom is 0.163 e. The fraction of sp³-hybridized carbons (Fsp3) is 0.316. The molecule has 0 aliphatic rings. The molecule has 0 amide bonds.